The molecule has 0 unspecified atom stereocenters. The van der Waals surface area contributed by atoms with Crippen molar-refractivity contribution in [1.29, 1.82) is 5.26 Å². The first kappa shape index (κ1) is 16.0. The highest BCUT2D eigenvalue weighted by molar-refractivity contribution is 7.14. The summed E-state index contributed by atoms with van der Waals surface area (Å²) in [7, 11) is 0. The lowest BCUT2D eigenvalue weighted by Crippen LogP contribution is -2.25. The number of amides is 1. The van der Waals surface area contributed by atoms with Gasteiger partial charge in [0.15, 0.2) is 0 Å². The maximum absolute atomic E-state index is 12.5. The van der Waals surface area contributed by atoms with Crippen LogP contribution < -0.4 is 11.0 Å². The fourth-order valence-electron chi connectivity index (χ4n) is 2.69. The third-order valence-corrected chi connectivity index (χ3v) is 4.67. The highest BCUT2D eigenvalue weighted by Crippen LogP contribution is 2.22. The summed E-state index contributed by atoms with van der Waals surface area (Å²) in [4.78, 5) is 24.6. The van der Waals surface area contributed by atoms with Crippen molar-refractivity contribution in [3.8, 4) is 6.07 Å². The number of rotatable bonds is 5. The zero-order valence-electron chi connectivity index (χ0n) is 13.2. The lowest BCUT2D eigenvalue weighted by atomic mass is 10.3. The van der Waals surface area contributed by atoms with Crippen LogP contribution in [0.4, 0.5) is 5.00 Å². The molecular weight excluding hydrogens is 324 g/mol. The van der Waals surface area contributed by atoms with Gasteiger partial charge in [-0.1, -0.05) is 12.1 Å². The van der Waals surface area contributed by atoms with Crippen molar-refractivity contribution < 1.29 is 4.79 Å². The number of benzene rings is 1. The SMILES string of the molecule is CCn1c(=O)n(CCC(=O)Nc2sccc2C#N)c2ccccc21. The second-order valence-electron chi connectivity index (χ2n) is 5.24. The molecule has 0 atom stereocenters. The van der Waals surface area contributed by atoms with E-state index in [1.165, 1.54) is 11.3 Å². The van der Waals surface area contributed by atoms with Crippen LogP contribution in [0.1, 0.15) is 18.9 Å². The fourth-order valence-corrected chi connectivity index (χ4v) is 3.44. The molecule has 0 saturated carbocycles. The van der Waals surface area contributed by atoms with Crippen molar-refractivity contribution in [3.05, 3.63) is 51.8 Å². The Labute approximate surface area is 142 Å². The summed E-state index contributed by atoms with van der Waals surface area (Å²) in [6.45, 7) is 2.80. The molecule has 122 valence electrons. The highest BCUT2D eigenvalue weighted by atomic mass is 32.1. The van der Waals surface area contributed by atoms with Crippen LogP contribution in [0.15, 0.2) is 40.5 Å². The van der Waals surface area contributed by atoms with Crippen molar-refractivity contribution in [2.24, 2.45) is 0 Å². The topological polar surface area (TPSA) is 79.8 Å². The number of nitriles is 1. The number of nitrogens with zero attached hydrogens (tertiary/aromatic N) is 3. The Morgan fingerprint density at radius 1 is 1.25 bits per heavy atom. The number of fused-ring (bicyclic) bond motifs is 1. The number of imidazole rings is 1. The van der Waals surface area contributed by atoms with Gasteiger partial charge in [-0.2, -0.15) is 5.26 Å². The van der Waals surface area contributed by atoms with Gasteiger partial charge in [-0.15, -0.1) is 11.3 Å². The van der Waals surface area contributed by atoms with Crippen molar-refractivity contribution in [2.45, 2.75) is 26.4 Å². The molecule has 6 nitrogen and oxygen atoms in total. The number of carbonyl (C=O) groups is 1. The van der Waals surface area contributed by atoms with Gasteiger partial charge < -0.3 is 5.32 Å². The Morgan fingerprint density at radius 3 is 2.62 bits per heavy atom. The average Bonchev–Trinajstić information content (AvgIpc) is 3.14. The van der Waals surface area contributed by atoms with Crippen LogP contribution in [-0.2, 0) is 17.9 Å². The molecule has 7 heteroatoms. The van der Waals surface area contributed by atoms with E-state index in [1.54, 1.807) is 20.6 Å². The summed E-state index contributed by atoms with van der Waals surface area (Å²) >= 11 is 1.31. The molecule has 0 aliphatic rings. The Hall–Kier alpha value is -2.85. The summed E-state index contributed by atoms with van der Waals surface area (Å²) in [6.07, 6.45) is 0.167. The zero-order chi connectivity index (χ0) is 17.1. The number of aromatic nitrogens is 2. The normalized spacial score (nSPS) is 10.7. The molecule has 2 aromatic heterocycles. The maximum atomic E-state index is 12.5. The van der Waals surface area contributed by atoms with E-state index >= 15 is 0 Å². The van der Waals surface area contributed by atoms with Gasteiger partial charge in [0, 0.05) is 19.5 Å². The van der Waals surface area contributed by atoms with Gasteiger partial charge in [-0.3, -0.25) is 13.9 Å². The number of carbonyl (C=O) groups excluding carboxylic acids is 1. The first-order chi connectivity index (χ1) is 11.7. The molecule has 1 amide bonds. The second-order valence-corrected chi connectivity index (χ2v) is 6.16. The molecule has 0 radical (unpaired) electrons. The maximum Gasteiger partial charge on any atom is 0.329 e. The summed E-state index contributed by atoms with van der Waals surface area (Å²) in [5.41, 5.74) is 2.04. The van der Waals surface area contributed by atoms with Gasteiger partial charge in [-0.25, -0.2) is 4.79 Å². The van der Waals surface area contributed by atoms with Crippen molar-refractivity contribution >= 4 is 33.3 Å². The first-order valence-electron chi connectivity index (χ1n) is 7.61. The Bertz CT molecular complexity index is 990. The molecule has 1 aromatic carbocycles. The molecule has 0 saturated heterocycles. The number of aryl methyl sites for hydroxylation is 2. The monoisotopic (exact) mass is 340 g/mol. The molecule has 0 spiro atoms. The van der Waals surface area contributed by atoms with Crippen LogP contribution in [0.3, 0.4) is 0 Å². The zero-order valence-corrected chi connectivity index (χ0v) is 14.0. The highest BCUT2D eigenvalue weighted by Gasteiger charge is 2.13. The van der Waals surface area contributed by atoms with Crippen molar-refractivity contribution in [1.82, 2.24) is 9.13 Å². The molecule has 0 aliphatic carbocycles. The van der Waals surface area contributed by atoms with E-state index < -0.39 is 0 Å². The predicted octanol–water partition coefficient (Wildman–Crippen LogP) is 2.78. The van der Waals surface area contributed by atoms with E-state index in [2.05, 4.69) is 5.32 Å². The van der Waals surface area contributed by atoms with E-state index in [1.807, 2.05) is 37.3 Å². The van der Waals surface area contributed by atoms with Gasteiger partial charge in [0.1, 0.15) is 11.1 Å². The molecule has 3 aromatic rings. The lowest BCUT2D eigenvalue weighted by Gasteiger charge is -2.05. The second kappa shape index (κ2) is 6.72. The van der Waals surface area contributed by atoms with E-state index in [9.17, 15) is 9.59 Å². The number of nitrogens with one attached hydrogen (secondary N) is 1. The van der Waals surface area contributed by atoms with E-state index in [-0.39, 0.29) is 18.0 Å². The van der Waals surface area contributed by atoms with Gasteiger partial charge >= 0.3 is 5.69 Å². The van der Waals surface area contributed by atoms with Gasteiger partial charge in [0.2, 0.25) is 5.91 Å². The van der Waals surface area contributed by atoms with Crippen molar-refractivity contribution in [3.63, 3.8) is 0 Å². The van der Waals surface area contributed by atoms with Crippen LogP contribution in [0, 0.1) is 11.3 Å². The van der Waals surface area contributed by atoms with Crippen LogP contribution in [-0.4, -0.2) is 15.0 Å². The number of thiophene rings is 1. The predicted molar refractivity (Wildman–Crippen MR) is 94.2 cm³/mol. The van der Waals surface area contributed by atoms with E-state index in [4.69, 9.17) is 5.26 Å². The molecule has 1 N–H and O–H groups in total. The summed E-state index contributed by atoms with van der Waals surface area (Å²) in [5, 5.41) is 14.0. The number of anilines is 1. The molecule has 2 heterocycles. The minimum Gasteiger partial charge on any atom is -0.317 e. The number of hydrogen-bond acceptors (Lipinski definition) is 4. The lowest BCUT2D eigenvalue weighted by molar-refractivity contribution is -0.116. The minimum atomic E-state index is -0.214. The van der Waals surface area contributed by atoms with Gasteiger partial charge in [0.25, 0.3) is 0 Å². The summed E-state index contributed by atoms with van der Waals surface area (Å²) in [5.74, 6) is -0.214. The van der Waals surface area contributed by atoms with Gasteiger partial charge in [-0.05, 0) is 30.5 Å². The first-order valence-corrected chi connectivity index (χ1v) is 8.49. The standard InChI is InChI=1S/C17H16N4O2S/c1-2-20-13-5-3-4-6-14(13)21(17(20)23)9-7-15(22)19-16-12(11-18)8-10-24-16/h3-6,8,10H,2,7,9H2,1H3,(H,19,22). The molecule has 0 aliphatic heterocycles. The third kappa shape index (κ3) is 2.84. The minimum absolute atomic E-state index is 0.111. The van der Waals surface area contributed by atoms with Gasteiger partial charge in [0.05, 0.1) is 16.6 Å². The van der Waals surface area contributed by atoms with Crippen LogP contribution >= 0.6 is 11.3 Å². The number of hydrogen-bond donors (Lipinski definition) is 1. The molecule has 24 heavy (non-hydrogen) atoms. The third-order valence-electron chi connectivity index (χ3n) is 3.84. The van der Waals surface area contributed by atoms with E-state index in [0.717, 1.165) is 11.0 Å². The Balaban J connectivity index is 1.79. The molecule has 0 fully saturated rings. The number of para-hydroxylation sites is 2. The molecule has 0 bridgehead atoms. The quantitative estimate of drug-likeness (QED) is 0.775. The average molecular weight is 340 g/mol. The Morgan fingerprint density at radius 2 is 1.96 bits per heavy atom. The smallest absolute Gasteiger partial charge is 0.317 e. The largest absolute Gasteiger partial charge is 0.329 e. The van der Waals surface area contributed by atoms with E-state index in [0.29, 0.717) is 23.7 Å². The van der Waals surface area contributed by atoms with Crippen LogP contribution in [0.5, 0.6) is 0 Å². The Kier molecular flexibility index (Phi) is 4.49. The molecule has 3 rings (SSSR count). The summed E-state index contributed by atoms with van der Waals surface area (Å²) < 4.78 is 3.32. The van der Waals surface area contributed by atoms with Crippen LogP contribution in [0.25, 0.3) is 11.0 Å². The van der Waals surface area contributed by atoms with Crippen molar-refractivity contribution in [2.75, 3.05) is 5.32 Å². The fraction of sp³-hybridized carbons (Fsp3) is 0.235. The summed E-state index contributed by atoms with van der Waals surface area (Å²) in [6, 6.07) is 11.3. The molecular formula is C17H16N4O2S. The van der Waals surface area contributed by atoms with Crippen LogP contribution in [0.2, 0.25) is 0 Å².